The minimum atomic E-state index is 0. The fraction of sp³-hybridized carbons (Fsp3) is 0.294. The molecule has 22 heavy (non-hydrogen) atoms. The molecule has 4 nitrogen and oxygen atoms in total. The highest BCUT2D eigenvalue weighted by Gasteiger charge is 2.02. The Morgan fingerprint density at radius 3 is 2.32 bits per heavy atom. The molecule has 2 N–H and O–H groups in total. The number of aromatic nitrogens is 1. The second-order valence-electron chi connectivity index (χ2n) is 4.72. The number of benzene rings is 1. The van der Waals surface area contributed by atoms with Crippen LogP contribution in [0.5, 0.6) is 0 Å². The lowest BCUT2D eigenvalue weighted by Gasteiger charge is -2.13. The summed E-state index contributed by atoms with van der Waals surface area (Å²) in [6.45, 7) is 3.61. The maximum absolute atomic E-state index is 4.29. The van der Waals surface area contributed by atoms with Crippen molar-refractivity contribution in [3.8, 4) is 0 Å². The standard InChI is InChI=1S/C17H22N4.HI/c1-3-14-8-4-5-9-15(14)12-20-17(18-2)21-13-16-10-6-7-11-19-16;/h4-11H,3,12-13H2,1-2H3,(H2,18,20,21);1H. The number of guanidine groups is 1. The van der Waals surface area contributed by atoms with Crippen molar-refractivity contribution in [2.45, 2.75) is 26.4 Å². The molecule has 118 valence electrons. The van der Waals surface area contributed by atoms with Crippen LogP contribution in [0.3, 0.4) is 0 Å². The van der Waals surface area contributed by atoms with Crippen molar-refractivity contribution < 1.29 is 0 Å². The third-order valence-electron chi connectivity index (χ3n) is 3.33. The van der Waals surface area contributed by atoms with Crippen LogP contribution in [0.2, 0.25) is 0 Å². The number of halogens is 1. The Balaban J connectivity index is 0.00000242. The fourth-order valence-electron chi connectivity index (χ4n) is 2.15. The quantitative estimate of drug-likeness (QED) is 0.453. The summed E-state index contributed by atoms with van der Waals surface area (Å²) in [7, 11) is 1.78. The van der Waals surface area contributed by atoms with E-state index in [0.29, 0.717) is 6.54 Å². The van der Waals surface area contributed by atoms with Crippen molar-refractivity contribution in [1.29, 1.82) is 0 Å². The Hall–Kier alpha value is -1.63. The van der Waals surface area contributed by atoms with E-state index in [1.165, 1.54) is 11.1 Å². The first-order valence-corrected chi connectivity index (χ1v) is 7.24. The van der Waals surface area contributed by atoms with Crippen LogP contribution in [-0.2, 0) is 19.5 Å². The molecule has 0 atom stereocenters. The highest BCUT2D eigenvalue weighted by atomic mass is 127. The minimum Gasteiger partial charge on any atom is -0.352 e. The first-order chi connectivity index (χ1) is 10.3. The molecule has 0 unspecified atom stereocenters. The molecule has 0 aliphatic heterocycles. The molecule has 1 heterocycles. The molecule has 0 bridgehead atoms. The number of hydrogen-bond acceptors (Lipinski definition) is 2. The third kappa shape index (κ3) is 5.63. The number of aliphatic imine (C=N–C) groups is 1. The minimum absolute atomic E-state index is 0. The third-order valence-corrected chi connectivity index (χ3v) is 3.33. The largest absolute Gasteiger partial charge is 0.352 e. The average molecular weight is 410 g/mol. The molecule has 0 spiro atoms. The lowest BCUT2D eigenvalue weighted by atomic mass is 10.1. The first kappa shape index (κ1) is 18.4. The molecule has 1 aromatic carbocycles. The number of nitrogens with one attached hydrogen (secondary N) is 2. The van der Waals surface area contributed by atoms with Gasteiger partial charge in [0.2, 0.25) is 0 Å². The highest BCUT2D eigenvalue weighted by Crippen LogP contribution is 2.08. The van der Waals surface area contributed by atoms with Gasteiger partial charge < -0.3 is 10.6 Å². The van der Waals surface area contributed by atoms with E-state index in [0.717, 1.165) is 24.6 Å². The molecule has 0 fully saturated rings. The van der Waals surface area contributed by atoms with Crippen LogP contribution in [0, 0.1) is 0 Å². The Morgan fingerprint density at radius 1 is 1.00 bits per heavy atom. The van der Waals surface area contributed by atoms with Crippen molar-refractivity contribution in [3.63, 3.8) is 0 Å². The number of aryl methyl sites for hydroxylation is 1. The second-order valence-corrected chi connectivity index (χ2v) is 4.72. The van der Waals surface area contributed by atoms with Gasteiger partial charge in [0.05, 0.1) is 12.2 Å². The van der Waals surface area contributed by atoms with E-state index in [9.17, 15) is 0 Å². The van der Waals surface area contributed by atoms with E-state index in [4.69, 9.17) is 0 Å². The first-order valence-electron chi connectivity index (χ1n) is 7.24. The lowest BCUT2D eigenvalue weighted by Crippen LogP contribution is -2.36. The van der Waals surface area contributed by atoms with Crippen molar-refractivity contribution in [2.75, 3.05) is 7.05 Å². The van der Waals surface area contributed by atoms with E-state index >= 15 is 0 Å². The summed E-state index contributed by atoms with van der Waals surface area (Å²) in [5.41, 5.74) is 3.67. The molecular formula is C17H23IN4. The van der Waals surface area contributed by atoms with E-state index in [1.54, 1.807) is 13.2 Å². The maximum Gasteiger partial charge on any atom is 0.191 e. The van der Waals surface area contributed by atoms with Crippen LogP contribution in [0.25, 0.3) is 0 Å². The van der Waals surface area contributed by atoms with Gasteiger partial charge in [0.25, 0.3) is 0 Å². The molecule has 0 radical (unpaired) electrons. The Morgan fingerprint density at radius 2 is 1.68 bits per heavy atom. The highest BCUT2D eigenvalue weighted by molar-refractivity contribution is 14.0. The van der Waals surface area contributed by atoms with Crippen molar-refractivity contribution >= 4 is 29.9 Å². The van der Waals surface area contributed by atoms with Crippen LogP contribution in [-0.4, -0.2) is 18.0 Å². The summed E-state index contributed by atoms with van der Waals surface area (Å²) in [6, 6.07) is 14.4. The van der Waals surface area contributed by atoms with Crippen molar-refractivity contribution in [3.05, 3.63) is 65.5 Å². The zero-order chi connectivity index (χ0) is 14.9. The van der Waals surface area contributed by atoms with Gasteiger partial charge in [-0.1, -0.05) is 37.3 Å². The van der Waals surface area contributed by atoms with Gasteiger partial charge in [-0.25, -0.2) is 0 Å². The molecule has 0 aliphatic carbocycles. The molecule has 2 aromatic rings. The molecular weight excluding hydrogens is 387 g/mol. The van der Waals surface area contributed by atoms with Crippen LogP contribution < -0.4 is 10.6 Å². The molecule has 0 saturated heterocycles. The van der Waals surface area contributed by atoms with Crippen LogP contribution in [0.15, 0.2) is 53.7 Å². The molecule has 2 rings (SSSR count). The molecule has 0 aliphatic rings. The Labute approximate surface area is 149 Å². The Kier molecular flexibility index (Phi) is 8.50. The summed E-state index contributed by atoms with van der Waals surface area (Å²) in [6.07, 6.45) is 2.84. The molecule has 0 saturated carbocycles. The van der Waals surface area contributed by atoms with Crippen molar-refractivity contribution in [1.82, 2.24) is 15.6 Å². The molecule has 5 heteroatoms. The van der Waals surface area contributed by atoms with Gasteiger partial charge in [0.1, 0.15) is 0 Å². The number of nitrogens with zero attached hydrogens (tertiary/aromatic N) is 2. The zero-order valence-corrected chi connectivity index (χ0v) is 15.4. The van der Waals surface area contributed by atoms with E-state index in [1.807, 2.05) is 18.2 Å². The van der Waals surface area contributed by atoms with Gasteiger partial charge >= 0.3 is 0 Å². The van der Waals surface area contributed by atoms with E-state index < -0.39 is 0 Å². The summed E-state index contributed by atoms with van der Waals surface area (Å²) in [5, 5.41) is 6.61. The predicted molar refractivity (Wildman–Crippen MR) is 103 cm³/mol. The van der Waals surface area contributed by atoms with E-state index in [2.05, 4.69) is 51.8 Å². The van der Waals surface area contributed by atoms with Crippen LogP contribution >= 0.6 is 24.0 Å². The van der Waals surface area contributed by atoms with E-state index in [-0.39, 0.29) is 24.0 Å². The van der Waals surface area contributed by atoms with Gasteiger partial charge in [-0.05, 0) is 29.7 Å². The van der Waals surface area contributed by atoms with Gasteiger partial charge in [-0.2, -0.15) is 0 Å². The lowest BCUT2D eigenvalue weighted by molar-refractivity contribution is 0.789. The normalized spacial score (nSPS) is 10.7. The van der Waals surface area contributed by atoms with Gasteiger partial charge in [-0.15, -0.1) is 24.0 Å². The average Bonchev–Trinajstić information content (AvgIpc) is 2.56. The van der Waals surface area contributed by atoms with Gasteiger partial charge in [-0.3, -0.25) is 9.98 Å². The summed E-state index contributed by atoms with van der Waals surface area (Å²) in [5.74, 6) is 0.784. The summed E-state index contributed by atoms with van der Waals surface area (Å²) < 4.78 is 0. The monoisotopic (exact) mass is 410 g/mol. The van der Waals surface area contributed by atoms with Crippen molar-refractivity contribution in [2.24, 2.45) is 4.99 Å². The smallest absolute Gasteiger partial charge is 0.191 e. The SMILES string of the molecule is CCc1ccccc1CNC(=NC)NCc1ccccn1.I. The predicted octanol–water partition coefficient (Wildman–Crippen LogP) is 3.13. The Bertz CT molecular complexity index is 584. The van der Waals surface area contributed by atoms with Gasteiger partial charge in [0.15, 0.2) is 5.96 Å². The summed E-state index contributed by atoms with van der Waals surface area (Å²) in [4.78, 5) is 8.53. The summed E-state index contributed by atoms with van der Waals surface area (Å²) >= 11 is 0. The topological polar surface area (TPSA) is 49.3 Å². The second kappa shape index (κ2) is 10.2. The molecule has 0 amide bonds. The van der Waals surface area contributed by atoms with Crippen LogP contribution in [0.1, 0.15) is 23.7 Å². The number of pyridine rings is 1. The number of rotatable bonds is 5. The van der Waals surface area contributed by atoms with Gasteiger partial charge in [0, 0.05) is 19.8 Å². The fourth-order valence-corrected chi connectivity index (χ4v) is 2.15. The maximum atomic E-state index is 4.29. The molecule has 1 aromatic heterocycles. The zero-order valence-electron chi connectivity index (χ0n) is 13.0. The number of hydrogen-bond donors (Lipinski definition) is 2. The van der Waals surface area contributed by atoms with Crippen LogP contribution in [0.4, 0.5) is 0 Å².